The van der Waals surface area contributed by atoms with Crippen LogP contribution in [0.15, 0.2) is 24.3 Å². The lowest BCUT2D eigenvalue weighted by Gasteiger charge is -2.09. The van der Waals surface area contributed by atoms with Crippen molar-refractivity contribution < 1.29 is 9.53 Å². The Kier molecular flexibility index (Phi) is 6.57. The molecular formula is C16H25NO2. The lowest BCUT2D eigenvalue weighted by molar-refractivity contribution is -0.147. The first kappa shape index (κ1) is 15.7. The molecule has 0 radical (unpaired) electrons. The molecule has 19 heavy (non-hydrogen) atoms. The fraction of sp³-hybridized carbons (Fsp3) is 0.562. The monoisotopic (exact) mass is 263 g/mol. The van der Waals surface area contributed by atoms with Gasteiger partial charge >= 0.3 is 5.97 Å². The van der Waals surface area contributed by atoms with Crippen LogP contribution in [0.1, 0.15) is 44.7 Å². The topological polar surface area (TPSA) is 38.3 Å². The molecule has 1 rings (SSSR count). The van der Waals surface area contributed by atoms with Crippen molar-refractivity contribution in [3.05, 3.63) is 35.4 Å². The minimum Gasteiger partial charge on any atom is -0.464 e. The molecule has 0 bridgehead atoms. The summed E-state index contributed by atoms with van der Waals surface area (Å²) in [4.78, 5) is 11.2. The lowest BCUT2D eigenvalue weighted by atomic mass is 10.0. The van der Waals surface area contributed by atoms with Gasteiger partial charge in [-0.3, -0.25) is 4.79 Å². The SMILES string of the molecule is CC(C)C(=O)OCCNCc1ccc(C(C)C)cc1. The Morgan fingerprint density at radius 2 is 1.79 bits per heavy atom. The van der Waals surface area contributed by atoms with Crippen LogP contribution in [0.25, 0.3) is 0 Å². The minimum absolute atomic E-state index is 0.0522. The second-order valence-electron chi connectivity index (χ2n) is 5.40. The van der Waals surface area contributed by atoms with Crippen LogP contribution in [-0.2, 0) is 16.1 Å². The molecule has 0 aliphatic carbocycles. The van der Waals surface area contributed by atoms with E-state index in [9.17, 15) is 4.79 Å². The normalized spacial score (nSPS) is 11.1. The zero-order chi connectivity index (χ0) is 14.3. The first-order valence-electron chi connectivity index (χ1n) is 6.97. The molecule has 1 N–H and O–H groups in total. The van der Waals surface area contributed by atoms with Gasteiger partial charge in [-0.2, -0.15) is 0 Å². The Morgan fingerprint density at radius 1 is 1.16 bits per heavy atom. The van der Waals surface area contributed by atoms with Gasteiger partial charge in [0.05, 0.1) is 5.92 Å². The maximum atomic E-state index is 11.2. The molecule has 0 aliphatic rings. The van der Waals surface area contributed by atoms with E-state index in [4.69, 9.17) is 4.74 Å². The summed E-state index contributed by atoms with van der Waals surface area (Å²) >= 11 is 0. The maximum absolute atomic E-state index is 11.2. The third-order valence-electron chi connectivity index (χ3n) is 2.97. The zero-order valence-corrected chi connectivity index (χ0v) is 12.4. The quantitative estimate of drug-likeness (QED) is 0.607. The van der Waals surface area contributed by atoms with Gasteiger partial charge < -0.3 is 10.1 Å². The van der Waals surface area contributed by atoms with Crippen molar-refractivity contribution in [1.82, 2.24) is 5.32 Å². The van der Waals surface area contributed by atoms with Crippen LogP contribution in [-0.4, -0.2) is 19.1 Å². The first-order chi connectivity index (χ1) is 9.00. The molecule has 0 saturated carbocycles. The molecule has 0 aliphatic heterocycles. The van der Waals surface area contributed by atoms with Crippen LogP contribution in [0.3, 0.4) is 0 Å². The minimum atomic E-state index is -0.136. The van der Waals surface area contributed by atoms with E-state index >= 15 is 0 Å². The predicted molar refractivity (Wildman–Crippen MR) is 78.0 cm³/mol. The smallest absolute Gasteiger partial charge is 0.308 e. The second-order valence-corrected chi connectivity index (χ2v) is 5.40. The molecule has 106 valence electrons. The Labute approximate surface area is 116 Å². The van der Waals surface area contributed by atoms with Crippen molar-refractivity contribution in [3.8, 4) is 0 Å². The predicted octanol–water partition coefficient (Wildman–Crippen LogP) is 3.10. The summed E-state index contributed by atoms with van der Waals surface area (Å²) in [5, 5.41) is 3.27. The molecule has 0 atom stereocenters. The Bertz CT molecular complexity index is 382. The average molecular weight is 263 g/mol. The molecule has 0 unspecified atom stereocenters. The highest BCUT2D eigenvalue weighted by molar-refractivity contribution is 5.71. The van der Waals surface area contributed by atoms with Crippen LogP contribution in [0, 0.1) is 5.92 Å². The summed E-state index contributed by atoms with van der Waals surface area (Å²) in [6.45, 7) is 9.98. The molecule has 1 aromatic rings. The molecule has 0 spiro atoms. The van der Waals surface area contributed by atoms with Crippen molar-refractivity contribution in [2.24, 2.45) is 5.92 Å². The zero-order valence-electron chi connectivity index (χ0n) is 12.4. The molecule has 3 heteroatoms. The summed E-state index contributed by atoms with van der Waals surface area (Å²) in [6.07, 6.45) is 0. The summed E-state index contributed by atoms with van der Waals surface area (Å²) in [7, 11) is 0. The van der Waals surface area contributed by atoms with Gasteiger partial charge in [-0.25, -0.2) is 0 Å². The van der Waals surface area contributed by atoms with E-state index in [1.54, 1.807) is 0 Å². The standard InChI is InChI=1S/C16H25NO2/c1-12(2)15-7-5-14(6-8-15)11-17-9-10-19-16(18)13(3)4/h5-8,12-13,17H,9-11H2,1-4H3. The lowest BCUT2D eigenvalue weighted by Crippen LogP contribution is -2.22. The van der Waals surface area contributed by atoms with Crippen LogP contribution >= 0.6 is 0 Å². The van der Waals surface area contributed by atoms with Gasteiger partial charge in [-0.1, -0.05) is 52.0 Å². The number of carbonyl (C=O) groups is 1. The number of hydrogen-bond acceptors (Lipinski definition) is 3. The average Bonchev–Trinajstić information content (AvgIpc) is 2.38. The van der Waals surface area contributed by atoms with E-state index in [-0.39, 0.29) is 11.9 Å². The van der Waals surface area contributed by atoms with Gasteiger partial charge in [0.25, 0.3) is 0 Å². The molecule has 0 aromatic heterocycles. The third kappa shape index (κ3) is 5.88. The summed E-state index contributed by atoms with van der Waals surface area (Å²) in [5.41, 5.74) is 2.61. The van der Waals surface area contributed by atoms with Crippen LogP contribution in [0.2, 0.25) is 0 Å². The summed E-state index contributed by atoms with van der Waals surface area (Å²) < 4.78 is 5.09. The van der Waals surface area contributed by atoms with E-state index in [1.807, 2.05) is 13.8 Å². The van der Waals surface area contributed by atoms with Crippen LogP contribution in [0.5, 0.6) is 0 Å². The molecule has 0 saturated heterocycles. The van der Waals surface area contributed by atoms with Gasteiger partial charge in [0.1, 0.15) is 6.61 Å². The van der Waals surface area contributed by atoms with Crippen molar-refractivity contribution in [3.63, 3.8) is 0 Å². The van der Waals surface area contributed by atoms with Gasteiger partial charge in [-0.15, -0.1) is 0 Å². The number of ether oxygens (including phenoxy) is 1. The van der Waals surface area contributed by atoms with Crippen molar-refractivity contribution >= 4 is 5.97 Å². The number of esters is 1. The fourth-order valence-electron chi connectivity index (χ4n) is 1.64. The summed E-state index contributed by atoms with van der Waals surface area (Å²) in [5.74, 6) is 0.379. The number of benzene rings is 1. The Hall–Kier alpha value is -1.35. The van der Waals surface area contributed by atoms with Gasteiger partial charge in [0.2, 0.25) is 0 Å². The molecule has 3 nitrogen and oxygen atoms in total. The molecule has 1 aromatic carbocycles. The van der Waals surface area contributed by atoms with Crippen LogP contribution in [0.4, 0.5) is 0 Å². The highest BCUT2D eigenvalue weighted by Crippen LogP contribution is 2.14. The van der Waals surface area contributed by atoms with Crippen molar-refractivity contribution in [2.75, 3.05) is 13.2 Å². The van der Waals surface area contributed by atoms with E-state index in [0.29, 0.717) is 19.1 Å². The summed E-state index contributed by atoms with van der Waals surface area (Å²) in [6, 6.07) is 8.62. The highest BCUT2D eigenvalue weighted by atomic mass is 16.5. The first-order valence-corrected chi connectivity index (χ1v) is 6.97. The number of carbonyl (C=O) groups excluding carboxylic acids is 1. The largest absolute Gasteiger partial charge is 0.464 e. The molecule has 0 amide bonds. The number of nitrogens with one attached hydrogen (secondary N) is 1. The van der Waals surface area contributed by atoms with Crippen molar-refractivity contribution in [1.29, 1.82) is 0 Å². The van der Waals surface area contributed by atoms with Crippen LogP contribution < -0.4 is 5.32 Å². The number of hydrogen-bond donors (Lipinski definition) is 1. The van der Waals surface area contributed by atoms with Crippen molar-refractivity contribution in [2.45, 2.75) is 40.2 Å². The van der Waals surface area contributed by atoms with Gasteiger partial charge in [-0.05, 0) is 17.0 Å². The molecule has 0 fully saturated rings. The third-order valence-corrected chi connectivity index (χ3v) is 2.97. The van der Waals surface area contributed by atoms with E-state index in [0.717, 1.165) is 6.54 Å². The van der Waals surface area contributed by atoms with E-state index in [2.05, 4.69) is 43.4 Å². The second kappa shape index (κ2) is 7.95. The Balaban J connectivity index is 2.21. The van der Waals surface area contributed by atoms with E-state index in [1.165, 1.54) is 11.1 Å². The fourth-order valence-corrected chi connectivity index (χ4v) is 1.64. The van der Waals surface area contributed by atoms with Gasteiger partial charge in [0, 0.05) is 13.1 Å². The molecule has 0 heterocycles. The van der Waals surface area contributed by atoms with E-state index < -0.39 is 0 Å². The highest BCUT2D eigenvalue weighted by Gasteiger charge is 2.06. The van der Waals surface area contributed by atoms with Gasteiger partial charge in [0.15, 0.2) is 0 Å². The Morgan fingerprint density at radius 3 is 2.32 bits per heavy atom. The maximum Gasteiger partial charge on any atom is 0.308 e. The molecular weight excluding hydrogens is 238 g/mol. The number of rotatable bonds is 7.